The van der Waals surface area contributed by atoms with E-state index in [0.717, 1.165) is 0 Å². The fourth-order valence-corrected chi connectivity index (χ4v) is 0.975. The molecule has 0 radical (unpaired) electrons. The van der Waals surface area contributed by atoms with Crippen LogP contribution in [-0.4, -0.2) is 65.2 Å². The van der Waals surface area contributed by atoms with E-state index >= 15 is 0 Å². The van der Waals surface area contributed by atoms with Crippen molar-refractivity contribution in [2.75, 3.05) is 47.2 Å². The molecule has 0 rings (SSSR count). The van der Waals surface area contributed by atoms with Gasteiger partial charge in [-0.3, -0.25) is 4.79 Å². The van der Waals surface area contributed by atoms with Crippen LogP contribution >= 0.6 is 0 Å². The Morgan fingerprint density at radius 1 is 1.11 bits per heavy atom. The number of likely N-dealkylation sites (N-methyl/N-ethyl adjacent to an activating group) is 1. The van der Waals surface area contributed by atoms with Gasteiger partial charge >= 0.3 is 5.97 Å². The third-order valence-electron chi connectivity index (χ3n) is 2.01. The molecule has 0 aromatic carbocycles. The maximum absolute atomic E-state index is 11.0. The summed E-state index contributed by atoms with van der Waals surface area (Å²) in [7, 11) is 2.85. The van der Waals surface area contributed by atoms with Crippen LogP contribution in [0.2, 0.25) is 0 Å². The standard InChI is InChI=1S/C11H21NO6/c1-9(11(14)15-3)18-7-6-16-4-5-17-8-10(13)12-2/h9H,4-8H2,1-3H3,(H,12,13)/t9-/m0/s1. The number of hydrogen-bond donors (Lipinski definition) is 1. The first-order valence-corrected chi connectivity index (χ1v) is 5.67. The van der Waals surface area contributed by atoms with E-state index in [1.165, 1.54) is 7.11 Å². The quantitative estimate of drug-likeness (QED) is 0.416. The SMILES string of the molecule is CNC(=O)COCCOCCO[C@@H](C)C(=O)OC. The third kappa shape index (κ3) is 8.91. The molecule has 0 heterocycles. The van der Waals surface area contributed by atoms with Gasteiger partial charge in [-0.25, -0.2) is 4.79 Å². The second kappa shape index (κ2) is 10.9. The number of ether oxygens (including phenoxy) is 4. The predicted octanol–water partition coefficient (Wildman–Crippen LogP) is -0.656. The summed E-state index contributed by atoms with van der Waals surface area (Å²) in [5, 5.41) is 2.44. The Kier molecular flexibility index (Phi) is 10.2. The van der Waals surface area contributed by atoms with Gasteiger partial charge in [-0.05, 0) is 6.92 Å². The highest BCUT2D eigenvalue weighted by Gasteiger charge is 2.12. The lowest BCUT2D eigenvalue weighted by molar-refractivity contribution is -0.153. The fraction of sp³-hybridized carbons (Fsp3) is 0.818. The average Bonchev–Trinajstić information content (AvgIpc) is 2.39. The Hall–Kier alpha value is -1.18. The molecular formula is C11H21NO6. The summed E-state index contributed by atoms with van der Waals surface area (Å²) in [6.45, 7) is 2.98. The Labute approximate surface area is 107 Å². The van der Waals surface area contributed by atoms with E-state index in [4.69, 9.17) is 14.2 Å². The number of carbonyl (C=O) groups excluding carboxylic acids is 2. The molecule has 0 aliphatic carbocycles. The van der Waals surface area contributed by atoms with Gasteiger partial charge in [0.2, 0.25) is 5.91 Å². The Balaban J connectivity index is 3.26. The van der Waals surface area contributed by atoms with E-state index in [1.54, 1.807) is 14.0 Å². The van der Waals surface area contributed by atoms with Crippen LogP contribution in [0.4, 0.5) is 0 Å². The molecule has 0 saturated heterocycles. The summed E-state index contributed by atoms with van der Waals surface area (Å²) < 4.78 is 19.8. The van der Waals surface area contributed by atoms with E-state index in [-0.39, 0.29) is 12.5 Å². The molecule has 1 atom stereocenters. The first-order valence-electron chi connectivity index (χ1n) is 5.67. The lowest BCUT2D eigenvalue weighted by Gasteiger charge is -2.10. The first-order chi connectivity index (χ1) is 8.61. The lowest BCUT2D eigenvalue weighted by Crippen LogP contribution is -2.25. The van der Waals surface area contributed by atoms with Crippen molar-refractivity contribution in [3.63, 3.8) is 0 Å². The van der Waals surface area contributed by atoms with Gasteiger partial charge in [0.1, 0.15) is 6.61 Å². The molecule has 7 heteroatoms. The molecule has 0 saturated carbocycles. The molecule has 18 heavy (non-hydrogen) atoms. The second-order valence-corrected chi connectivity index (χ2v) is 3.37. The highest BCUT2D eigenvalue weighted by Crippen LogP contribution is 1.93. The van der Waals surface area contributed by atoms with E-state index in [2.05, 4.69) is 10.1 Å². The molecule has 7 nitrogen and oxygen atoms in total. The van der Waals surface area contributed by atoms with Crippen LogP contribution in [0, 0.1) is 0 Å². The number of methoxy groups -OCH3 is 1. The minimum atomic E-state index is -0.594. The summed E-state index contributed by atoms with van der Waals surface area (Å²) in [6.07, 6.45) is -0.594. The highest BCUT2D eigenvalue weighted by atomic mass is 16.6. The van der Waals surface area contributed by atoms with Gasteiger partial charge in [-0.15, -0.1) is 0 Å². The minimum Gasteiger partial charge on any atom is -0.467 e. The molecule has 0 aromatic rings. The first kappa shape index (κ1) is 16.8. The van der Waals surface area contributed by atoms with Crippen molar-refractivity contribution in [3.8, 4) is 0 Å². The molecular weight excluding hydrogens is 242 g/mol. The number of nitrogens with one attached hydrogen (secondary N) is 1. The van der Waals surface area contributed by atoms with Gasteiger partial charge in [-0.2, -0.15) is 0 Å². The minimum absolute atomic E-state index is 0.0235. The maximum Gasteiger partial charge on any atom is 0.334 e. The van der Waals surface area contributed by atoms with Crippen LogP contribution in [0.1, 0.15) is 6.92 Å². The molecule has 1 N–H and O–H groups in total. The van der Waals surface area contributed by atoms with Crippen molar-refractivity contribution < 1.29 is 28.5 Å². The number of carbonyl (C=O) groups is 2. The van der Waals surface area contributed by atoms with Crippen molar-refractivity contribution in [1.29, 1.82) is 0 Å². The predicted molar refractivity (Wildman–Crippen MR) is 63.1 cm³/mol. The van der Waals surface area contributed by atoms with Crippen LogP contribution in [0.3, 0.4) is 0 Å². The van der Waals surface area contributed by atoms with Crippen molar-refractivity contribution in [2.24, 2.45) is 0 Å². The van der Waals surface area contributed by atoms with Crippen molar-refractivity contribution in [3.05, 3.63) is 0 Å². The Morgan fingerprint density at radius 2 is 1.72 bits per heavy atom. The molecule has 0 aromatic heterocycles. The normalized spacial score (nSPS) is 11.9. The van der Waals surface area contributed by atoms with Crippen LogP contribution in [0.25, 0.3) is 0 Å². The summed E-state index contributed by atoms with van der Waals surface area (Å²) in [5.41, 5.74) is 0. The molecule has 0 unspecified atom stereocenters. The molecule has 0 fully saturated rings. The zero-order valence-electron chi connectivity index (χ0n) is 11.1. The zero-order valence-corrected chi connectivity index (χ0v) is 11.1. The zero-order chi connectivity index (χ0) is 13.8. The van der Waals surface area contributed by atoms with Gasteiger partial charge in [0.25, 0.3) is 0 Å². The second-order valence-electron chi connectivity index (χ2n) is 3.37. The van der Waals surface area contributed by atoms with Crippen molar-refractivity contribution in [1.82, 2.24) is 5.32 Å². The van der Waals surface area contributed by atoms with E-state index in [1.807, 2.05) is 0 Å². The van der Waals surface area contributed by atoms with Gasteiger partial charge in [0, 0.05) is 7.05 Å². The summed E-state index contributed by atoms with van der Waals surface area (Å²) in [4.78, 5) is 21.7. The topological polar surface area (TPSA) is 83.1 Å². The van der Waals surface area contributed by atoms with Gasteiger partial charge < -0.3 is 24.3 Å². The Morgan fingerprint density at radius 3 is 2.33 bits per heavy atom. The number of esters is 1. The van der Waals surface area contributed by atoms with Crippen LogP contribution in [-0.2, 0) is 28.5 Å². The van der Waals surface area contributed by atoms with E-state index < -0.39 is 12.1 Å². The van der Waals surface area contributed by atoms with Crippen LogP contribution in [0.15, 0.2) is 0 Å². The molecule has 0 bridgehead atoms. The number of hydrogen-bond acceptors (Lipinski definition) is 6. The van der Waals surface area contributed by atoms with Crippen molar-refractivity contribution >= 4 is 11.9 Å². The van der Waals surface area contributed by atoms with Crippen molar-refractivity contribution in [2.45, 2.75) is 13.0 Å². The number of rotatable bonds is 10. The Bertz CT molecular complexity index is 246. The largest absolute Gasteiger partial charge is 0.467 e. The third-order valence-corrected chi connectivity index (χ3v) is 2.01. The smallest absolute Gasteiger partial charge is 0.334 e. The van der Waals surface area contributed by atoms with Gasteiger partial charge in [0.15, 0.2) is 6.10 Å². The van der Waals surface area contributed by atoms with Gasteiger partial charge in [0.05, 0.1) is 33.5 Å². The molecule has 1 amide bonds. The van der Waals surface area contributed by atoms with Crippen LogP contribution in [0.5, 0.6) is 0 Å². The number of amides is 1. The maximum atomic E-state index is 11.0. The monoisotopic (exact) mass is 263 g/mol. The summed E-state index contributed by atoms with van der Waals surface area (Å²) >= 11 is 0. The summed E-state index contributed by atoms with van der Waals surface area (Å²) in [6, 6.07) is 0. The molecule has 0 aliphatic heterocycles. The lowest BCUT2D eigenvalue weighted by atomic mass is 10.4. The van der Waals surface area contributed by atoms with Gasteiger partial charge in [-0.1, -0.05) is 0 Å². The van der Waals surface area contributed by atoms with Crippen LogP contribution < -0.4 is 5.32 Å². The van der Waals surface area contributed by atoms with E-state index in [9.17, 15) is 9.59 Å². The molecule has 106 valence electrons. The molecule has 0 spiro atoms. The highest BCUT2D eigenvalue weighted by molar-refractivity contribution is 5.76. The molecule has 0 aliphatic rings. The van der Waals surface area contributed by atoms with E-state index in [0.29, 0.717) is 26.4 Å². The fourth-order valence-electron chi connectivity index (χ4n) is 0.975. The average molecular weight is 263 g/mol. The summed E-state index contributed by atoms with van der Waals surface area (Å²) in [5.74, 6) is -0.589.